The Bertz CT molecular complexity index is 1740. The molecule has 0 bridgehead atoms. The van der Waals surface area contributed by atoms with E-state index in [0.717, 1.165) is 90.5 Å². The maximum absolute atomic E-state index is 13.1. The van der Waals surface area contributed by atoms with E-state index in [-0.39, 0.29) is 23.9 Å². The Morgan fingerprint density at radius 2 is 1.86 bits per heavy atom. The third kappa shape index (κ3) is 7.06. The summed E-state index contributed by atoms with van der Waals surface area (Å²) in [7, 11) is 3.78. The Morgan fingerprint density at radius 1 is 1.06 bits per heavy atom. The van der Waals surface area contributed by atoms with Crippen LogP contribution in [0.25, 0.3) is 10.8 Å². The van der Waals surface area contributed by atoms with E-state index in [0.29, 0.717) is 45.4 Å². The van der Waals surface area contributed by atoms with E-state index in [1.165, 1.54) is 0 Å². The molecule has 1 aromatic heterocycles. The zero-order valence-electron chi connectivity index (χ0n) is 28.5. The lowest BCUT2D eigenvalue weighted by Gasteiger charge is -2.42. The predicted octanol–water partition coefficient (Wildman–Crippen LogP) is 4.14. The van der Waals surface area contributed by atoms with Gasteiger partial charge in [0, 0.05) is 82.2 Å². The topological polar surface area (TPSA) is 101 Å². The first-order valence-corrected chi connectivity index (χ1v) is 17.7. The minimum Gasteiger partial charge on any atom is -0.461 e. The number of benzene rings is 2. The summed E-state index contributed by atoms with van der Waals surface area (Å²) >= 11 is 6.76. The van der Waals surface area contributed by atoms with Gasteiger partial charge >= 0.3 is 6.01 Å². The molecule has 3 aliphatic heterocycles. The van der Waals surface area contributed by atoms with Gasteiger partial charge in [-0.15, -0.1) is 0 Å². The molecule has 1 saturated carbocycles. The molecular formula is C37H45ClN8O3. The molecule has 4 aliphatic rings. The number of fused-ring (bicyclic) bond motifs is 2. The van der Waals surface area contributed by atoms with Crippen molar-refractivity contribution in [2.24, 2.45) is 0 Å². The van der Waals surface area contributed by atoms with Crippen molar-refractivity contribution in [3.63, 3.8) is 0 Å². The SMILES string of the molecule is COC/C=C/C(=O)N1CCN(c2nc(OCC3(N4CCN(C)CC4)CC3)nc3c2CCN(c2cccc4cccc(Cl)c24)C3)C[C@@H]1CC#N. The van der Waals surface area contributed by atoms with Crippen LogP contribution in [0.1, 0.15) is 30.5 Å². The van der Waals surface area contributed by atoms with Gasteiger partial charge in [-0.3, -0.25) is 9.69 Å². The fourth-order valence-corrected chi connectivity index (χ4v) is 7.87. The van der Waals surface area contributed by atoms with Crippen LogP contribution in [0.2, 0.25) is 5.02 Å². The minimum atomic E-state index is -0.265. The Labute approximate surface area is 293 Å². The van der Waals surface area contributed by atoms with Crippen molar-refractivity contribution in [2.45, 2.75) is 43.8 Å². The van der Waals surface area contributed by atoms with E-state index in [1.807, 2.05) is 12.1 Å². The van der Waals surface area contributed by atoms with Gasteiger partial charge in [0.1, 0.15) is 12.4 Å². The van der Waals surface area contributed by atoms with Gasteiger partial charge in [-0.2, -0.15) is 15.2 Å². The zero-order chi connectivity index (χ0) is 34.0. The average Bonchev–Trinajstić information content (AvgIpc) is 3.91. The van der Waals surface area contributed by atoms with Crippen molar-refractivity contribution in [2.75, 3.05) is 89.5 Å². The monoisotopic (exact) mass is 684 g/mol. The molecule has 1 atom stereocenters. The second kappa shape index (κ2) is 14.5. The molecular weight excluding hydrogens is 640 g/mol. The summed E-state index contributed by atoms with van der Waals surface area (Å²) in [4.78, 5) is 34.6. The Morgan fingerprint density at radius 3 is 2.61 bits per heavy atom. The van der Waals surface area contributed by atoms with Crippen LogP contribution in [-0.4, -0.2) is 122 Å². The van der Waals surface area contributed by atoms with Crippen LogP contribution in [0.5, 0.6) is 6.01 Å². The Kier molecular flexibility index (Phi) is 9.92. The quantitative estimate of drug-likeness (QED) is 0.290. The van der Waals surface area contributed by atoms with Crippen molar-refractivity contribution >= 4 is 39.8 Å². The van der Waals surface area contributed by atoms with Crippen LogP contribution >= 0.6 is 11.6 Å². The van der Waals surface area contributed by atoms with E-state index >= 15 is 0 Å². The highest BCUT2D eigenvalue weighted by Crippen LogP contribution is 2.43. The molecule has 0 unspecified atom stereocenters. The molecule has 3 aromatic rings. The van der Waals surface area contributed by atoms with Gasteiger partial charge in [0.15, 0.2) is 0 Å². The van der Waals surface area contributed by atoms with E-state index in [9.17, 15) is 10.1 Å². The minimum absolute atomic E-state index is 0.0483. The summed E-state index contributed by atoms with van der Waals surface area (Å²) in [5.74, 6) is 0.749. The number of piperazine rings is 2. The lowest BCUT2D eigenvalue weighted by atomic mass is 10.0. The van der Waals surface area contributed by atoms with Crippen molar-refractivity contribution in [3.8, 4) is 12.1 Å². The van der Waals surface area contributed by atoms with Crippen LogP contribution in [0, 0.1) is 11.3 Å². The molecule has 3 fully saturated rings. The largest absolute Gasteiger partial charge is 0.461 e. The number of nitrogens with zero attached hydrogens (tertiary/aromatic N) is 8. The van der Waals surface area contributed by atoms with E-state index < -0.39 is 0 Å². The molecule has 11 nitrogen and oxygen atoms in total. The fourth-order valence-electron chi connectivity index (χ4n) is 7.59. The Balaban J connectivity index is 1.18. The molecule has 49 heavy (non-hydrogen) atoms. The van der Waals surface area contributed by atoms with E-state index in [1.54, 1.807) is 24.2 Å². The molecule has 1 amide bonds. The second-order valence-electron chi connectivity index (χ2n) is 13.7. The van der Waals surface area contributed by atoms with Gasteiger partial charge in [-0.1, -0.05) is 41.9 Å². The summed E-state index contributed by atoms with van der Waals surface area (Å²) in [6.07, 6.45) is 6.49. The summed E-state index contributed by atoms with van der Waals surface area (Å²) in [6, 6.07) is 14.8. The van der Waals surface area contributed by atoms with E-state index in [2.05, 4.69) is 57.0 Å². The van der Waals surface area contributed by atoms with Crippen LogP contribution in [0.15, 0.2) is 48.6 Å². The summed E-state index contributed by atoms with van der Waals surface area (Å²) in [6.45, 7) is 8.12. The summed E-state index contributed by atoms with van der Waals surface area (Å²) < 4.78 is 11.6. The maximum Gasteiger partial charge on any atom is 0.318 e. The van der Waals surface area contributed by atoms with Gasteiger partial charge in [0.25, 0.3) is 0 Å². The number of hydrogen-bond acceptors (Lipinski definition) is 10. The highest BCUT2D eigenvalue weighted by Gasteiger charge is 2.49. The number of aromatic nitrogens is 2. The van der Waals surface area contributed by atoms with Crippen LogP contribution in [0.4, 0.5) is 11.5 Å². The van der Waals surface area contributed by atoms with Crippen LogP contribution in [-0.2, 0) is 22.5 Å². The molecule has 4 heterocycles. The number of rotatable bonds is 10. The van der Waals surface area contributed by atoms with Crippen molar-refractivity contribution in [1.82, 2.24) is 24.7 Å². The van der Waals surface area contributed by atoms with Gasteiger partial charge in [0.2, 0.25) is 5.91 Å². The first kappa shape index (κ1) is 33.5. The van der Waals surface area contributed by atoms with Gasteiger partial charge < -0.3 is 29.1 Å². The lowest BCUT2D eigenvalue weighted by Crippen LogP contribution is -2.55. The maximum atomic E-state index is 13.1. The smallest absolute Gasteiger partial charge is 0.318 e. The molecule has 12 heteroatoms. The number of amides is 1. The number of nitriles is 1. The lowest BCUT2D eigenvalue weighted by molar-refractivity contribution is -0.128. The van der Waals surface area contributed by atoms with Crippen molar-refractivity contribution in [3.05, 3.63) is 64.8 Å². The van der Waals surface area contributed by atoms with Gasteiger partial charge in [-0.05, 0) is 43.8 Å². The normalized spacial score (nSPS) is 21.2. The van der Waals surface area contributed by atoms with Crippen molar-refractivity contribution in [1.29, 1.82) is 5.26 Å². The number of likely N-dealkylation sites (N-methyl/N-ethyl adjacent to an activating group) is 1. The molecule has 1 aliphatic carbocycles. The van der Waals surface area contributed by atoms with Crippen molar-refractivity contribution < 1.29 is 14.3 Å². The third-order valence-electron chi connectivity index (χ3n) is 10.6. The molecule has 258 valence electrons. The molecule has 2 saturated heterocycles. The number of ether oxygens (including phenoxy) is 2. The average molecular weight is 685 g/mol. The molecule has 7 rings (SSSR count). The number of carbonyl (C=O) groups excluding carboxylic acids is 1. The zero-order valence-corrected chi connectivity index (χ0v) is 29.2. The van der Waals surface area contributed by atoms with Gasteiger partial charge in [-0.25, -0.2) is 0 Å². The Hall–Kier alpha value is -3.95. The molecule has 0 radical (unpaired) electrons. The number of carbonyl (C=O) groups is 1. The molecule has 2 aromatic carbocycles. The summed E-state index contributed by atoms with van der Waals surface area (Å²) in [5.41, 5.74) is 3.18. The number of anilines is 2. The predicted molar refractivity (Wildman–Crippen MR) is 191 cm³/mol. The van der Waals surface area contributed by atoms with Gasteiger partial charge in [0.05, 0.1) is 47.9 Å². The third-order valence-corrected chi connectivity index (χ3v) is 10.9. The molecule has 0 N–H and O–H groups in total. The highest BCUT2D eigenvalue weighted by molar-refractivity contribution is 6.36. The number of halogens is 1. The van der Waals surface area contributed by atoms with E-state index in [4.69, 9.17) is 31.0 Å². The van der Waals surface area contributed by atoms with Crippen LogP contribution < -0.4 is 14.5 Å². The standard InChI is InChI=1S/C37H45ClN8O3/c1-42-17-20-45(21-18-42)37(13-14-37)26-49-36-40-31-25-43(32-9-4-7-27-6-3-8-30(38)34(27)32)16-12-29(31)35(41-36)44-19-22-46(28(24-44)11-15-39)33(47)10-5-23-48-2/h3-10,28H,11-14,16-26H2,1-2H3/b10-5+/t28-/m0/s1. The molecule has 0 spiro atoms. The second-order valence-corrected chi connectivity index (χ2v) is 14.1. The number of hydrogen-bond donors (Lipinski definition) is 0. The first-order chi connectivity index (χ1) is 23.9. The first-order valence-electron chi connectivity index (χ1n) is 17.4. The fraction of sp³-hybridized carbons (Fsp3) is 0.514. The number of methoxy groups -OCH3 is 1. The van der Waals surface area contributed by atoms with Crippen LogP contribution in [0.3, 0.4) is 0 Å². The highest BCUT2D eigenvalue weighted by atomic mass is 35.5. The summed E-state index contributed by atoms with van der Waals surface area (Å²) in [5, 5.41) is 12.6.